The first-order chi connectivity index (χ1) is 9.92. The molecule has 0 aliphatic rings. The number of alkyl halides is 2. The van der Waals surface area contributed by atoms with Gasteiger partial charge < -0.3 is 15.2 Å². The summed E-state index contributed by atoms with van der Waals surface area (Å²) < 4.78 is 6.81. The quantitative estimate of drug-likeness (QED) is 0.432. The maximum Gasteiger partial charge on any atom is 0.122 e. The van der Waals surface area contributed by atoms with E-state index in [0.29, 0.717) is 17.4 Å². The zero-order valence-electron chi connectivity index (χ0n) is 12.7. The Balaban J connectivity index is 0.00000441. The average molecular weight is 569 g/mol. The predicted molar refractivity (Wildman–Crippen MR) is 109 cm³/mol. The fourth-order valence-corrected chi connectivity index (χ4v) is 2.74. The number of halogens is 4. The highest BCUT2D eigenvalue weighted by Crippen LogP contribution is 2.26. The zero-order valence-corrected chi connectivity index (χ0v) is 19.2. The molecule has 1 aromatic carbocycles. The van der Waals surface area contributed by atoms with E-state index in [2.05, 4.69) is 73.0 Å². The summed E-state index contributed by atoms with van der Waals surface area (Å²) in [5.41, 5.74) is 1.12. The van der Waals surface area contributed by atoms with Crippen LogP contribution in [0.4, 0.5) is 0 Å². The van der Waals surface area contributed by atoms with Crippen molar-refractivity contribution in [1.29, 1.82) is 0 Å². The maximum atomic E-state index is 9.92. The van der Waals surface area contributed by atoms with Gasteiger partial charge in [0.1, 0.15) is 18.5 Å². The number of rotatable bonds is 9. The molecule has 2 unspecified atom stereocenters. The molecule has 1 rings (SSSR count). The zero-order chi connectivity index (χ0) is 15.8. The molecule has 0 saturated heterocycles. The van der Waals surface area contributed by atoms with Crippen molar-refractivity contribution < 1.29 is 9.84 Å². The number of ether oxygens (including phenoxy) is 1. The molecule has 1 aromatic rings. The predicted octanol–water partition coefficient (Wildman–Crippen LogP) is 4.47. The molecule has 0 heterocycles. The van der Waals surface area contributed by atoms with E-state index in [1.165, 1.54) is 0 Å². The monoisotopic (exact) mass is 565 g/mol. The average Bonchev–Trinajstić information content (AvgIpc) is 2.44. The van der Waals surface area contributed by atoms with Crippen LogP contribution in [0.3, 0.4) is 0 Å². The van der Waals surface area contributed by atoms with Crippen molar-refractivity contribution >= 4 is 64.8 Å². The second kappa shape index (κ2) is 12.3. The van der Waals surface area contributed by atoms with Gasteiger partial charge in [0.15, 0.2) is 0 Å². The topological polar surface area (TPSA) is 41.5 Å². The third-order valence-corrected chi connectivity index (χ3v) is 5.62. The molecule has 0 bridgehead atoms. The van der Waals surface area contributed by atoms with E-state index < -0.39 is 6.10 Å². The van der Waals surface area contributed by atoms with Gasteiger partial charge in [-0.15, -0.1) is 17.0 Å². The molecule has 0 amide bonds. The number of nitrogens with one attached hydrogen (secondary N) is 1. The van der Waals surface area contributed by atoms with Crippen LogP contribution in [0.25, 0.3) is 0 Å². The van der Waals surface area contributed by atoms with E-state index in [0.717, 1.165) is 27.5 Å². The van der Waals surface area contributed by atoms with Crippen molar-refractivity contribution in [2.75, 3.05) is 18.5 Å². The Hall–Kier alpha value is 0.860. The van der Waals surface area contributed by atoms with Crippen LogP contribution in [-0.2, 0) is 6.42 Å². The second-order valence-corrected chi connectivity index (χ2v) is 8.09. The Kier molecular flexibility index (Phi) is 12.7. The Morgan fingerprint density at radius 1 is 1.32 bits per heavy atom. The van der Waals surface area contributed by atoms with Gasteiger partial charge in [-0.1, -0.05) is 61.6 Å². The molecule has 0 aromatic heterocycles. The van der Waals surface area contributed by atoms with Crippen molar-refractivity contribution in [2.45, 2.75) is 37.2 Å². The van der Waals surface area contributed by atoms with Crippen LogP contribution in [0.15, 0.2) is 22.7 Å². The summed E-state index contributed by atoms with van der Waals surface area (Å²) >= 11 is 10.6. The molecule has 0 aliphatic heterocycles. The van der Waals surface area contributed by atoms with E-state index in [9.17, 15) is 5.11 Å². The van der Waals surface area contributed by atoms with Crippen molar-refractivity contribution in [3.05, 3.63) is 28.2 Å². The van der Waals surface area contributed by atoms with Crippen molar-refractivity contribution in [3.8, 4) is 5.75 Å². The van der Waals surface area contributed by atoms with Gasteiger partial charge >= 0.3 is 0 Å². The minimum absolute atomic E-state index is 0. The van der Waals surface area contributed by atoms with Crippen LogP contribution >= 0.6 is 64.8 Å². The number of aliphatic hydroxyl groups excluding tert-OH is 1. The van der Waals surface area contributed by atoms with Gasteiger partial charge in [-0.2, -0.15) is 0 Å². The maximum absolute atomic E-state index is 9.92. The van der Waals surface area contributed by atoms with E-state index in [-0.39, 0.29) is 23.6 Å². The normalized spacial score (nSPS) is 13.6. The molecule has 0 radical (unpaired) electrons. The molecule has 0 saturated carbocycles. The van der Waals surface area contributed by atoms with E-state index >= 15 is 0 Å². The fourth-order valence-electron chi connectivity index (χ4n) is 1.76. The summed E-state index contributed by atoms with van der Waals surface area (Å²) in [6.45, 7) is 4.93. The van der Waals surface area contributed by atoms with Crippen LogP contribution in [0.1, 0.15) is 19.4 Å². The third kappa shape index (κ3) is 9.23. The highest BCUT2D eigenvalue weighted by atomic mass is 79.9. The van der Waals surface area contributed by atoms with Gasteiger partial charge in [0.2, 0.25) is 0 Å². The Labute approximate surface area is 168 Å². The molecule has 0 aliphatic carbocycles. The van der Waals surface area contributed by atoms with Gasteiger partial charge in [0.05, 0.1) is 0 Å². The summed E-state index contributed by atoms with van der Waals surface area (Å²) in [7, 11) is 0. The van der Waals surface area contributed by atoms with Crippen LogP contribution in [0.5, 0.6) is 5.75 Å². The Morgan fingerprint density at radius 2 is 2.00 bits per heavy atom. The molecular weight excluding hydrogens is 546 g/mol. The standard InChI is InChI=1S/C15H22Br3NO2.BrH/c1-10(2)19-8-14(20)9-21-15-4-3-12(17)5-11(15)6-13(18)7-16;/h3-5,10,13-14,19-20H,6-9H2,1-2H3;1H. The number of aliphatic hydroxyl groups is 1. The van der Waals surface area contributed by atoms with Crippen LogP contribution in [0, 0.1) is 0 Å². The van der Waals surface area contributed by atoms with E-state index in [4.69, 9.17) is 4.74 Å². The van der Waals surface area contributed by atoms with Crippen molar-refractivity contribution in [1.82, 2.24) is 5.32 Å². The molecule has 0 spiro atoms. The lowest BCUT2D eigenvalue weighted by Crippen LogP contribution is -2.35. The second-order valence-electron chi connectivity index (χ2n) is 5.24. The lowest BCUT2D eigenvalue weighted by molar-refractivity contribution is 0.104. The molecule has 22 heavy (non-hydrogen) atoms. The third-order valence-electron chi connectivity index (χ3n) is 2.82. The largest absolute Gasteiger partial charge is 0.491 e. The molecule has 0 fully saturated rings. The summed E-state index contributed by atoms with van der Waals surface area (Å²) in [5.74, 6) is 0.826. The summed E-state index contributed by atoms with van der Waals surface area (Å²) in [4.78, 5) is 0.349. The molecule has 7 heteroatoms. The molecule has 2 N–H and O–H groups in total. The van der Waals surface area contributed by atoms with Gasteiger partial charge in [0, 0.05) is 27.2 Å². The van der Waals surface area contributed by atoms with E-state index in [1.807, 2.05) is 12.1 Å². The molecular formula is C15H23Br4NO2. The lowest BCUT2D eigenvalue weighted by Gasteiger charge is -2.17. The molecule has 128 valence electrons. The van der Waals surface area contributed by atoms with Crippen LogP contribution in [-0.4, -0.2) is 40.6 Å². The van der Waals surface area contributed by atoms with Gasteiger partial charge in [0.25, 0.3) is 0 Å². The van der Waals surface area contributed by atoms with Gasteiger partial charge in [-0.05, 0) is 30.2 Å². The van der Waals surface area contributed by atoms with Crippen LogP contribution < -0.4 is 10.1 Å². The molecule has 2 atom stereocenters. The smallest absolute Gasteiger partial charge is 0.122 e. The van der Waals surface area contributed by atoms with E-state index in [1.54, 1.807) is 0 Å². The Bertz CT molecular complexity index is 432. The summed E-state index contributed by atoms with van der Waals surface area (Å²) in [5, 5.41) is 14.0. The van der Waals surface area contributed by atoms with Crippen molar-refractivity contribution in [2.24, 2.45) is 0 Å². The number of benzene rings is 1. The number of hydrogen-bond donors (Lipinski definition) is 2. The van der Waals surface area contributed by atoms with Crippen LogP contribution in [0.2, 0.25) is 0 Å². The fraction of sp³-hybridized carbons (Fsp3) is 0.600. The first-order valence-electron chi connectivity index (χ1n) is 6.95. The highest BCUT2D eigenvalue weighted by Gasteiger charge is 2.12. The minimum atomic E-state index is -0.514. The first kappa shape index (κ1) is 22.9. The first-order valence-corrected chi connectivity index (χ1v) is 9.78. The lowest BCUT2D eigenvalue weighted by atomic mass is 10.1. The van der Waals surface area contributed by atoms with Crippen molar-refractivity contribution in [3.63, 3.8) is 0 Å². The van der Waals surface area contributed by atoms with Gasteiger partial charge in [-0.25, -0.2) is 0 Å². The molecule has 3 nitrogen and oxygen atoms in total. The SMILES string of the molecule is Br.CC(C)NCC(O)COc1ccc(Br)cc1CC(Br)CBr. The Morgan fingerprint density at radius 3 is 2.59 bits per heavy atom. The summed E-state index contributed by atoms with van der Waals surface area (Å²) in [6, 6.07) is 6.31. The highest BCUT2D eigenvalue weighted by molar-refractivity contribution is 9.12. The minimum Gasteiger partial charge on any atom is -0.491 e. The van der Waals surface area contributed by atoms with Gasteiger partial charge in [-0.3, -0.25) is 0 Å². The summed E-state index contributed by atoms with van der Waals surface area (Å²) in [6.07, 6.45) is 0.347. The number of hydrogen-bond acceptors (Lipinski definition) is 3.